The molecule has 0 aliphatic rings. The number of ether oxygens (including phenoxy) is 1. The van der Waals surface area contributed by atoms with Crippen molar-refractivity contribution in [1.82, 2.24) is 0 Å². The van der Waals surface area contributed by atoms with Crippen LogP contribution in [0.5, 0.6) is 5.75 Å². The van der Waals surface area contributed by atoms with Crippen LogP contribution in [-0.4, -0.2) is 21.8 Å². The second kappa shape index (κ2) is 15.9. The topological polar surface area (TPSA) is 52.6 Å². The molecular formula is C44H36O4S4. The van der Waals surface area contributed by atoms with Gasteiger partial charge in [0.2, 0.25) is 0 Å². The molecule has 0 amide bonds. The maximum atomic E-state index is 13.1. The van der Waals surface area contributed by atoms with Gasteiger partial charge in [-0.2, -0.15) is 8.42 Å². The molecule has 0 saturated heterocycles. The zero-order valence-electron chi connectivity index (χ0n) is 28.6. The molecule has 0 bridgehead atoms. The van der Waals surface area contributed by atoms with Gasteiger partial charge in [-0.15, -0.1) is 0 Å². The third kappa shape index (κ3) is 8.33. The van der Waals surface area contributed by atoms with Crippen molar-refractivity contribution in [3.63, 3.8) is 0 Å². The normalized spacial score (nSPS) is 12.0. The van der Waals surface area contributed by atoms with Crippen LogP contribution in [0.3, 0.4) is 0 Å². The van der Waals surface area contributed by atoms with Gasteiger partial charge in [-0.1, -0.05) is 108 Å². The van der Waals surface area contributed by atoms with Gasteiger partial charge in [0.15, 0.2) is 0 Å². The third-order valence-electron chi connectivity index (χ3n) is 8.32. The molecule has 0 N–H and O–H groups in total. The van der Waals surface area contributed by atoms with Gasteiger partial charge >= 0.3 is 0 Å². The number of methoxy groups -OCH3 is 1. The van der Waals surface area contributed by atoms with Crippen molar-refractivity contribution in [2.45, 2.75) is 34.3 Å². The molecule has 8 heteroatoms. The lowest BCUT2D eigenvalue weighted by molar-refractivity contribution is 0.414. The molecule has 0 radical (unpaired) electrons. The van der Waals surface area contributed by atoms with E-state index in [2.05, 4.69) is 72.8 Å². The van der Waals surface area contributed by atoms with Gasteiger partial charge in [-0.3, -0.25) is 0 Å². The minimum Gasteiger partial charge on any atom is -0.497 e. The van der Waals surface area contributed by atoms with Crippen molar-refractivity contribution in [2.75, 3.05) is 13.4 Å². The van der Waals surface area contributed by atoms with E-state index in [1.807, 2.05) is 109 Å². The fourth-order valence-electron chi connectivity index (χ4n) is 5.84. The Labute approximate surface area is 316 Å². The summed E-state index contributed by atoms with van der Waals surface area (Å²) in [6.45, 7) is 0. The summed E-state index contributed by atoms with van der Waals surface area (Å²) in [4.78, 5) is 6.56. The Bertz CT molecular complexity index is 2200. The number of rotatable bonds is 12. The van der Waals surface area contributed by atoms with Gasteiger partial charge in [-0.05, 0) is 130 Å². The molecule has 260 valence electrons. The van der Waals surface area contributed by atoms with E-state index in [1.54, 1.807) is 30.6 Å². The Balaban J connectivity index is 1.21. The summed E-state index contributed by atoms with van der Waals surface area (Å²) in [6.07, 6.45) is 1.12. The molecule has 0 saturated carbocycles. The van der Waals surface area contributed by atoms with Gasteiger partial charge in [0, 0.05) is 34.3 Å². The van der Waals surface area contributed by atoms with Gasteiger partial charge in [-0.25, -0.2) is 3.63 Å². The Morgan fingerprint density at radius 3 is 1.04 bits per heavy atom. The Morgan fingerprint density at radius 2 is 0.712 bits per heavy atom. The summed E-state index contributed by atoms with van der Waals surface area (Å²) in [7, 11) is -5.04. The predicted molar refractivity (Wildman–Crippen MR) is 216 cm³/mol. The summed E-state index contributed by atoms with van der Waals surface area (Å²) >= 11 is 3.31. The first-order valence-corrected chi connectivity index (χ1v) is 21.6. The predicted octanol–water partition coefficient (Wildman–Crippen LogP) is 12.5. The molecule has 7 aromatic carbocycles. The van der Waals surface area contributed by atoms with Crippen LogP contribution < -0.4 is 4.74 Å². The average Bonchev–Trinajstić information content (AvgIpc) is 3.19. The van der Waals surface area contributed by atoms with Crippen LogP contribution in [0.25, 0.3) is 22.3 Å². The molecule has 0 aliphatic heterocycles. The molecule has 4 nitrogen and oxygen atoms in total. The summed E-state index contributed by atoms with van der Waals surface area (Å²) in [5.41, 5.74) is 4.68. The maximum Gasteiger partial charge on any atom is 0.274 e. The molecule has 0 aromatic heterocycles. The van der Waals surface area contributed by atoms with Crippen molar-refractivity contribution >= 4 is 44.0 Å². The van der Waals surface area contributed by atoms with Crippen LogP contribution in [0.4, 0.5) is 0 Å². The minimum atomic E-state index is -3.92. The van der Waals surface area contributed by atoms with E-state index in [1.165, 1.54) is 11.1 Å². The van der Waals surface area contributed by atoms with Gasteiger partial charge in [0.1, 0.15) is 5.75 Å². The van der Waals surface area contributed by atoms with Crippen LogP contribution >= 0.6 is 33.8 Å². The van der Waals surface area contributed by atoms with Crippen molar-refractivity contribution in [1.29, 1.82) is 0 Å². The molecule has 0 fully saturated rings. The summed E-state index contributed by atoms with van der Waals surface area (Å²) in [6, 6.07) is 61.2. The minimum absolute atomic E-state index is 0.673. The highest BCUT2D eigenvalue weighted by atomic mass is 32.3. The standard InChI is InChI=1S/C44H36O4S4/c1-47-37-17-27-42(28-18-37)52(48-51(2,45)46,43-29-23-40(24-30-43)49-38-19-13-35(14-20-38)33-9-5-3-6-10-33)44-31-25-41(26-32-44)50-39-21-15-36(16-22-39)34-11-7-4-8-12-34/h3-32H,1-2H3. The molecule has 0 unspecified atom stereocenters. The van der Waals surface area contributed by atoms with Crippen LogP contribution in [0, 0.1) is 0 Å². The quantitative estimate of drug-likeness (QED) is 0.124. The molecule has 0 atom stereocenters. The second-order valence-electron chi connectivity index (χ2n) is 11.9. The molecule has 52 heavy (non-hydrogen) atoms. The SMILES string of the molecule is COc1ccc(S(OS(C)(=O)=O)(c2ccc(Sc3ccc(-c4ccccc4)cc3)cc2)c2ccc(Sc3ccc(-c4ccccc4)cc3)cc2)cc1. The van der Waals surface area contributed by atoms with Gasteiger partial charge in [0.05, 0.1) is 13.4 Å². The Morgan fingerprint density at radius 1 is 0.404 bits per heavy atom. The second-order valence-corrected chi connectivity index (χ2v) is 18.7. The van der Waals surface area contributed by atoms with E-state index >= 15 is 0 Å². The molecule has 7 rings (SSSR count). The Kier molecular flexibility index (Phi) is 10.9. The summed E-state index contributed by atoms with van der Waals surface area (Å²) in [5.74, 6) is 0.673. The van der Waals surface area contributed by atoms with E-state index in [4.69, 9.17) is 8.37 Å². The number of hydrogen-bond donors (Lipinski definition) is 0. The smallest absolute Gasteiger partial charge is 0.274 e. The Hall–Kier alpha value is -4.70. The van der Waals surface area contributed by atoms with E-state index in [0.29, 0.717) is 5.75 Å². The average molecular weight is 757 g/mol. The first kappa shape index (κ1) is 35.7. The van der Waals surface area contributed by atoms with Crippen molar-refractivity contribution in [3.05, 3.63) is 182 Å². The van der Waals surface area contributed by atoms with Gasteiger partial charge < -0.3 is 4.74 Å². The lowest BCUT2D eigenvalue weighted by atomic mass is 10.1. The van der Waals surface area contributed by atoms with Crippen molar-refractivity contribution < 1.29 is 16.8 Å². The fraction of sp³-hybridized carbons (Fsp3) is 0.0455. The van der Waals surface area contributed by atoms with E-state index in [-0.39, 0.29) is 0 Å². The zero-order chi connectivity index (χ0) is 36.0. The molecule has 7 aromatic rings. The van der Waals surface area contributed by atoms with Crippen LogP contribution in [-0.2, 0) is 13.7 Å². The van der Waals surface area contributed by atoms with Crippen LogP contribution in [0.2, 0.25) is 0 Å². The lowest BCUT2D eigenvalue weighted by Gasteiger charge is -2.39. The monoisotopic (exact) mass is 756 g/mol. The third-order valence-corrected chi connectivity index (χ3v) is 15.0. The maximum absolute atomic E-state index is 13.1. The fourth-order valence-corrected chi connectivity index (χ4v) is 12.3. The van der Waals surface area contributed by atoms with Crippen LogP contribution in [0.15, 0.2) is 216 Å². The van der Waals surface area contributed by atoms with Crippen LogP contribution in [0.1, 0.15) is 0 Å². The summed E-state index contributed by atoms with van der Waals surface area (Å²) < 4.78 is 38.0. The lowest BCUT2D eigenvalue weighted by Crippen LogP contribution is -2.13. The highest BCUT2D eigenvalue weighted by Crippen LogP contribution is 2.70. The number of hydrogen-bond acceptors (Lipinski definition) is 6. The van der Waals surface area contributed by atoms with Crippen molar-refractivity contribution in [3.8, 4) is 28.0 Å². The summed E-state index contributed by atoms with van der Waals surface area (Å²) in [5, 5.41) is 0. The van der Waals surface area contributed by atoms with E-state index < -0.39 is 20.4 Å². The molecule has 0 aliphatic carbocycles. The van der Waals surface area contributed by atoms with E-state index in [9.17, 15) is 8.42 Å². The zero-order valence-corrected chi connectivity index (χ0v) is 31.9. The first-order valence-electron chi connectivity index (χ1n) is 16.5. The first-order chi connectivity index (χ1) is 25.3. The van der Waals surface area contributed by atoms with Gasteiger partial charge in [0.25, 0.3) is 10.1 Å². The van der Waals surface area contributed by atoms with Crippen molar-refractivity contribution in [2.24, 2.45) is 0 Å². The highest BCUT2D eigenvalue weighted by Gasteiger charge is 2.36. The highest BCUT2D eigenvalue weighted by molar-refractivity contribution is 8.33. The molecule has 0 heterocycles. The van der Waals surface area contributed by atoms with E-state index in [0.717, 1.165) is 51.7 Å². The largest absolute Gasteiger partial charge is 0.497 e. The number of benzene rings is 7. The molecule has 0 spiro atoms. The molecular weight excluding hydrogens is 721 g/mol.